The molecule has 5 heteroatoms. The number of ketones is 1. The Hall–Kier alpha value is -0.870. The Morgan fingerprint density at radius 3 is 2.60 bits per heavy atom. The fourth-order valence-corrected chi connectivity index (χ4v) is 3.41. The molecule has 1 aromatic rings. The molecule has 112 valence electrons. The molecule has 0 amide bonds. The van der Waals surface area contributed by atoms with Crippen molar-refractivity contribution in [3.63, 3.8) is 0 Å². The van der Waals surface area contributed by atoms with E-state index in [-0.39, 0.29) is 11.9 Å². The fraction of sp³-hybridized carbons (Fsp3) is 0.733. The minimum Gasteiger partial charge on any atom is -0.373 e. The first-order valence-corrected chi connectivity index (χ1v) is 7.66. The quantitative estimate of drug-likeness (QED) is 0.839. The zero-order chi connectivity index (χ0) is 14.7. The lowest BCUT2D eigenvalue weighted by Crippen LogP contribution is -2.34. The molecule has 0 bridgehead atoms. The average Bonchev–Trinajstić information content (AvgIpc) is 2.67. The lowest BCUT2D eigenvalue weighted by Gasteiger charge is -2.28. The molecule has 1 saturated carbocycles. The molecular formula is C15H23ClN2O2. The van der Waals surface area contributed by atoms with Crippen molar-refractivity contribution in [1.29, 1.82) is 0 Å². The van der Waals surface area contributed by atoms with Gasteiger partial charge in [-0.1, -0.05) is 30.9 Å². The molecule has 1 fully saturated rings. The summed E-state index contributed by atoms with van der Waals surface area (Å²) in [5.41, 5.74) is 1.65. The first-order chi connectivity index (χ1) is 9.54. The SMILES string of the molecule is COC(C(=O)Cc1c(C)nn(C)c1Cl)C1CCCCC1. The third-order valence-corrected chi connectivity index (χ3v) is 4.74. The van der Waals surface area contributed by atoms with Crippen LogP contribution >= 0.6 is 11.6 Å². The van der Waals surface area contributed by atoms with E-state index in [0.717, 1.165) is 24.1 Å². The van der Waals surface area contributed by atoms with Gasteiger partial charge in [-0.2, -0.15) is 5.10 Å². The molecule has 0 N–H and O–H groups in total. The number of hydrogen-bond donors (Lipinski definition) is 0. The van der Waals surface area contributed by atoms with Crippen molar-refractivity contribution in [2.45, 2.75) is 51.6 Å². The highest BCUT2D eigenvalue weighted by atomic mass is 35.5. The molecule has 0 spiro atoms. The molecule has 1 heterocycles. The number of carbonyl (C=O) groups is 1. The number of aromatic nitrogens is 2. The van der Waals surface area contributed by atoms with E-state index in [9.17, 15) is 4.79 Å². The fourth-order valence-electron chi connectivity index (χ4n) is 3.17. The lowest BCUT2D eigenvalue weighted by atomic mass is 9.83. The zero-order valence-electron chi connectivity index (χ0n) is 12.5. The summed E-state index contributed by atoms with van der Waals surface area (Å²) in [7, 11) is 3.42. The first-order valence-electron chi connectivity index (χ1n) is 7.28. The molecule has 1 unspecified atom stereocenters. The molecule has 0 radical (unpaired) electrons. The highest BCUT2D eigenvalue weighted by molar-refractivity contribution is 6.30. The van der Waals surface area contributed by atoms with Gasteiger partial charge in [0.2, 0.25) is 0 Å². The Bertz CT molecular complexity index is 478. The normalized spacial score (nSPS) is 18.2. The van der Waals surface area contributed by atoms with E-state index in [1.807, 2.05) is 6.92 Å². The van der Waals surface area contributed by atoms with Crippen molar-refractivity contribution >= 4 is 17.4 Å². The van der Waals surface area contributed by atoms with Crippen molar-refractivity contribution in [2.24, 2.45) is 13.0 Å². The van der Waals surface area contributed by atoms with Gasteiger partial charge in [-0.3, -0.25) is 9.48 Å². The van der Waals surface area contributed by atoms with Crippen LogP contribution in [0.5, 0.6) is 0 Å². The number of nitrogens with zero attached hydrogens (tertiary/aromatic N) is 2. The Labute approximate surface area is 125 Å². The number of ether oxygens (including phenoxy) is 1. The maximum atomic E-state index is 12.5. The number of methoxy groups -OCH3 is 1. The van der Waals surface area contributed by atoms with Crippen molar-refractivity contribution in [2.75, 3.05) is 7.11 Å². The van der Waals surface area contributed by atoms with E-state index in [1.54, 1.807) is 18.8 Å². The number of hydrogen-bond acceptors (Lipinski definition) is 3. The minimum atomic E-state index is -0.300. The first kappa shape index (κ1) is 15.5. The summed E-state index contributed by atoms with van der Waals surface area (Å²) in [4.78, 5) is 12.5. The molecule has 0 saturated heterocycles. The van der Waals surface area contributed by atoms with E-state index in [2.05, 4.69) is 5.10 Å². The standard InChI is InChI=1S/C15H23ClN2O2/c1-10-12(15(16)18(2)17-10)9-13(19)14(20-3)11-7-5-4-6-8-11/h11,14H,4-9H2,1-3H3. The van der Waals surface area contributed by atoms with Gasteiger partial charge in [-0.15, -0.1) is 0 Å². The van der Waals surface area contributed by atoms with Gasteiger partial charge in [-0.25, -0.2) is 0 Å². The van der Waals surface area contributed by atoms with Crippen molar-refractivity contribution in [1.82, 2.24) is 9.78 Å². The Morgan fingerprint density at radius 1 is 1.45 bits per heavy atom. The molecule has 1 aliphatic rings. The summed E-state index contributed by atoms with van der Waals surface area (Å²) < 4.78 is 7.10. The lowest BCUT2D eigenvalue weighted by molar-refractivity contribution is -0.132. The van der Waals surface area contributed by atoms with Gasteiger partial charge < -0.3 is 4.74 Å². The predicted octanol–water partition coefficient (Wildman–Crippen LogP) is 3.09. The molecular weight excluding hydrogens is 276 g/mol. The van der Waals surface area contributed by atoms with Crippen LogP contribution in [-0.2, 0) is 23.0 Å². The smallest absolute Gasteiger partial charge is 0.166 e. The number of Topliss-reactive ketones (excluding diaryl/α,β-unsaturated/α-hetero) is 1. The van der Waals surface area contributed by atoms with Crippen LogP contribution in [0.15, 0.2) is 0 Å². The van der Waals surface area contributed by atoms with Gasteiger partial charge in [0, 0.05) is 26.1 Å². The number of rotatable bonds is 5. The van der Waals surface area contributed by atoms with Crippen LogP contribution in [0, 0.1) is 12.8 Å². The number of carbonyl (C=O) groups excluding carboxylic acids is 1. The summed E-state index contributed by atoms with van der Waals surface area (Å²) in [6.07, 6.45) is 5.86. The third-order valence-electron chi connectivity index (χ3n) is 4.27. The highest BCUT2D eigenvalue weighted by Gasteiger charge is 2.30. The topological polar surface area (TPSA) is 44.1 Å². The minimum absolute atomic E-state index is 0.123. The van der Waals surface area contributed by atoms with E-state index >= 15 is 0 Å². The molecule has 1 aromatic heterocycles. The van der Waals surface area contributed by atoms with E-state index in [4.69, 9.17) is 16.3 Å². The maximum absolute atomic E-state index is 12.5. The summed E-state index contributed by atoms with van der Waals surface area (Å²) in [6.45, 7) is 1.89. The molecule has 2 rings (SSSR count). The van der Waals surface area contributed by atoms with Crippen LogP contribution in [0.4, 0.5) is 0 Å². The van der Waals surface area contributed by atoms with Gasteiger partial charge in [0.15, 0.2) is 5.78 Å². The average molecular weight is 299 g/mol. The summed E-state index contributed by atoms with van der Waals surface area (Å²) in [5.74, 6) is 0.481. The summed E-state index contributed by atoms with van der Waals surface area (Å²) >= 11 is 6.20. The van der Waals surface area contributed by atoms with E-state index < -0.39 is 0 Å². The largest absolute Gasteiger partial charge is 0.373 e. The van der Waals surface area contributed by atoms with Crippen LogP contribution in [-0.4, -0.2) is 28.8 Å². The molecule has 20 heavy (non-hydrogen) atoms. The second-order valence-electron chi connectivity index (χ2n) is 5.68. The monoisotopic (exact) mass is 298 g/mol. The molecule has 1 atom stereocenters. The molecule has 4 nitrogen and oxygen atoms in total. The number of halogens is 1. The van der Waals surface area contributed by atoms with Gasteiger partial charge in [0.25, 0.3) is 0 Å². The summed E-state index contributed by atoms with van der Waals surface area (Å²) in [6, 6.07) is 0. The molecule has 1 aliphatic carbocycles. The van der Waals surface area contributed by atoms with Gasteiger partial charge in [0.05, 0.1) is 5.69 Å². The number of aryl methyl sites for hydroxylation is 2. The zero-order valence-corrected chi connectivity index (χ0v) is 13.2. The Kier molecular flexibility index (Phi) is 5.22. The van der Waals surface area contributed by atoms with E-state index in [1.165, 1.54) is 19.3 Å². The third kappa shape index (κ3) is 3.23. The maximum Gasteiger partial charge on any atom is 0.166 e. The second kappa shape index (κ2) is 6.72. The van der Waals surface area contributed by atoms with Crippen LogP contribution in [0.25, 0.3) is 0 Å². The van der Waals surface area contributed by atoms with Crippen molar-refractivity contribution < 1.29 is 9.53 Å². The van der Waals surface area contributed by atoms with E-state index in [0.29, 0.717) is 17.5 Å². The van der Waals surface area contributed by atoms with Crippen LogP contribution in [0.3, 0.4) is 0 Å². The summed E-state index contributed by atoms with van der Waals surface area (Å²) in [5, 5.41) is 4.80. The Morgan fingerprint density at radius 2 is 2.10 bits per heavy atom. The highest BCUT2D eigenvalue weighted by Crippen LogP contribution is 2.29. The molecule has 0 aromatic carbocycles. The van der Waals surface area contributed by atoms with Crippen LogP contribution < -0.4 is 0 Å². The van der Waals surface area contributed by atoms with Gasteiger partial charge in [-0.05, 0) is 25.7 Å². The van der Waals surface area contributed by atoms with Gasteiger partial charge in [0.1, 0.15) is 11.3 Å². The van der Waals surface area contributed by atoms with Crippen molar-refractivity contribution in [3.8, 4) is 0 Å². The predicted molar refractivity (Wildman–Crippen MR) is 79.0 cm³/mol. The second-order valence-corrected chi connectivity index (χ2v) is 6.03. The van der Waals surface area contributed by atoms with Crippen LogP contribution in [0.2, 0.25) is 5.15 Å². The Balaban J connectivity index is 2.08. The van der Waals surface area contributed by atoms with Crippen LogP contribution in [0.1, 0.15) is 43.4 Å². The van der Waals surface area contributed by atoms with Crippen molar-refractivity contribution in [3.05, 3.63) is 16.4 Å². The van der Waals surface area contributed by atoms with Gasteiger partial charge >= 0.3 is 0 Å². The molecule has 0 aliphatic heterocycles.